The summed E-state index contributed by atoms with van der Waals surface area (Å²) in [7, 11) is 0. The average Bonchev–Trinajstić information content (AvgIpc) is 2.99. The highest BCUT2D eigenvalue weighted by Gasteiger charge is 2.35. The maximum atomic E-state index is 14.5. The number of fused-ring (bicyclic) bond motifs is 2. The van der Waals surface area contributed by atoms with E-state index in [1.807, 2.05) is 5.01 Å². The number of benzene rings is 1. The summed E-state index contributed by atoms with van der Waals surface area (Å²) in [6.07, 6.45) is 3.24. The number of hydrogen-bond donors (Lipinski definition) is 2. The summed E-state index contributed by atoms with van der Waals surface area (Å²) in [5.41, 5.74) is -1.47. The van der Waals surface area contributed by atoms with E-state index in [4.69, 9.17) is 0 Å². The van der Waals surface area contributed by atoms with Crippen molar-refractivity contribution in [3.05, 3.63) is 45.8 Å². The number of carboxylic acid groups (broad SMARTS) is 1. The lowest BCUT2D eigenvalue weighted by molar-refractivity contribution is 0.0695. The largest absolute Gasteiger partial charge is 0.477 e. The number of carbonyl (C=O) groups is 1. The van der Waals surface area contributed by atoms with Crippen LogP contribution in [0.4, 0.5) is 8.78 Å². The smallest absolute Gasteiger partial charge is 0.341 e. The Morgan fingerprint density at radius 1 is 1.28 bits per heavy atom. The molecular formula is C17H17F2N3O3. The first-order chi connectivity index (χ1) is 12.0. The third-order valence-electron chi connectivity index (χ3n) is 5.11. The van der Waals surface area contributed by atoms with Crippen LogP contribution in [0.25, 0.3) is 10.9 Å². The molecule has 1 aromatic heterocycles. The third-order valence-corrected chi connectivity index (χ3v) is 5.11. The van der Waals surface area contributed by atoms with E-state index in [1.165, 1.54) is 4.68 Å². The average molecular weight is 349 g/mol. The second kappa shape index (κ2) is 5.80. The summed E-state index contributed by atoms with van der Waals surface area (Å²) in [6.45, 7) is 2.10. The molecule has 2 saturated heterocycles. The van der Waals surface area contributed by atoms with Crippen molar-refractivity contribution in [1.29, 1.82) is 0 Å². The van der Waals surface area contributed by atoms with Gasteiger partial charge in [-0.05, 0) is 31.4 Å². The van der Waals surface area contributed by atoms with Crippen molar-refractivity contribution in [2.24, 2.45) is 5.92 Å². The van der Waals surface area contributed by atoms with Gasteiger partial charge in [-0.15, -0.1) is 0 Å². The predicted molar refractivity (Wildman–Crippen MR) is 87.5 cm³/mol. The van der Waals surface area contributed by atoms with Crippen molar-refractivity contribution in [2.45, 2.75) is 18.9 Å². The number of aromatic carboxylic acids is 1. The van der Waals surface area contributed by atoms with Gasteiger partial charge >= 0.3 is 5.97 Å². The SMILES string of the molecule is O=C(O)c1cn(N2C[C@@H]3CCCN[C@@H]3C2)c2c(F)cc(F)cc2c1=O. The standard InChI is InChI=1S/C17H17F2N3O3/c18-10-4-11-15(13(19)5-10)22(7-12(16(11)23)17(24)25)21-6-9-2-1-3-20-14(9)8-21/h4-5,7,9,14,20H,1-3,6,8H2,(H,24,25)/t9-,14+/m0/s1. The summed E-state index contributed by atoms with van der Waals surface area (Å²) < 4.78 is 29.4. The molecular weight excluding hydrogens is 332 g/mol. The van der Waals surface area contributed by atoms with Gasteiger partial charge in [0.05, 0.1) is 11.9 Å². The Bertz CT molecular complexity index is 913. The van der Waals surface area contributed by atoms with Gasteiger partial charge in [-0.25, -0.2) is 13.6 Å². The number of nitrogens with zero attached hydrogens (tertiary/aromatic N) is 2. The maximum Gasteiger partial charge on any atom is 0.341 e. The maximum absolute atomic E-state index is 14.5. The number of rotatable bonds is 2. The van der Waals surface area contributed by atoms with Crippen LogP contribution < -0.4 is 15.8 Å². The Morgan fingerprint density at radius 3 is 2.80 bits per heavy atom. The van der Waals surface area contributed by atoms with Crippen molar-refractivity contribution < 1.29 is 18.7 Å². The van der Waals surface area contributed by atoms with Crippen molar-refractivity contribution >= 4 is 16.9 Å². The Kier molecular flexibility index (Phi) is 3.72. The molecule has 6 nitrogen and oxygen atoms in total. The topological polar surface area (TPSA) is 74.6 Å². The van der Waals surface area contributed by atoms with Gasteiger partial charge in [-0.3, -0.25) is 9.47 Å². The first-order valence-electron chi connectivity index (χ1n) is 8.22. The number of nitrogens with one attached hydrogen (secondary N) is 1. The minimum absolute atomic E-state index is 0.0879. The predicted octanol–water partition coefficient (Wildman–Crippen LogP) is 1.30. The van der Waals surface area contributed by atoms with Crippen LogP contribution in [0.15, 0.2) is 23.1 Å². The van der Waals surface area contributed by atoms with Crippen LogP contribution in [-0.4, -0.2) is 41.4 Å². The van der Waals surface area contributed by atoms with E-state index in [-0.39, 0.29) is 16.9 Å². The van der Waals surface area contributed by atoms with Crippen LogP contribution in [0, 0.1) is 17.6 Å². The zero-order chi connectivity index (χ0) is 17.7. The molecule has 0 unspecified atom stereocenters. The first kappa shape index (κ1) is 16.0. The van der Waals surface area contributed by atoms with Gasteiger partial charge in [-0.1, -0.05) is 0 Å². The van der Waals surface area contributed by atoms with E-state index >= 15 is 0 Å². The molecule has 3 heterocycles. The van der Waals surface area contributed by atoms with Gasteiger partial charge in [-0.2, -0.15) is 0 Å². The summed E-state index contributed by atoms with van der Waals surface area (Å²) >= 11 is 0. The number of piperidine rings is 1. The van der Waals surface area contributed by atoms with E-state index in [1.54, 1.807) is 0 Å². The number of aromatic nitrogens is 1. The molecule has 2 aromatic rings. The minimum Gasteiger partial charge on any atom is -0.477 e. The van der Waals surface area contributed by atoms with E-state index in [0.29, 0.717) is 25.1 Å². The second-order valence-corrected chi connectivity index (χ2v) is 6.64. The molecule has 0 saturated carbocycles. The van der Waals surface area contributed by atoms with E-state index in [0.717, 1.165) is 31.6 Å². The van der Waals surface area contributed by atoms with Crippen LogP contribution >= 0.6 is 0 Å². The van der Waals surface area contributed by atoms with Gasteiger partial charge in [0.2, 0.25) is 5.43 Å². The van der Waals surface area contributed by atoms with E-state index < -0.39 is 28.6 Å². The molecule has 1 aromatic carbocycles. The highest BCUT2D eigenvalue weighted by atomic mass is 19.1. The van der Waals surface area contributed by atoms with Crippen molar-refractivity contribution in [3.63, 3.8) is 0 Å². The molecule has 8 heteroatoms. The Balaban J connectivity index is 1.92. The quantitative estimate of drug-likeness (QED) is 0.855. The fourth-order valence-electron chi connectivity index (χ4n) is 3.94. The molecule has 2 aliphatic heterocycles. The van der Waals surface area contributed by atoms with Crippen LogP contribution in [0.3, 0.4) is 0 Å². The van der Waals surface area contributed by atoms with Crippen LogP contribution in [0.5, 0.6) is 0 Å². The summed E-state index contributed by atoms with van der Waals surface area (Å²) in [6, 6.07) is 1.84. The van der Waals surface area contributed by atoms with Gasteiger partial charge in [0.1, 0.15) is 16.9 Å². The molecule has 2 aliphatic rings. The number of pyridine rings is 1. The Labute approximate surface area is 141 Å². The first-order valence-corrected chi connectivity index (χ1v) is 8.22. The lowest BCUT2D eigenvalue weighted by Crippen LogP contribution is -2.41. The highest BCUT2D eigenvalue weighted by Crippen LogP contribution is 2.26. The molecule has 0 amide bonds. The zero-order valence-corrected chi connectivity index (χ0v) is 13.3. The van der Waals surface area contributed by atoms with Crippen LogP contribution in [0.2, 0.25) is 0 Å². The van der Waals surface area contributed by atoms with Crippen LogP contribution in [0.1, 0.15) is 23.2 Å². The minimum atomic E-state index is -1.42. The zero-order valence-electron chi connectivity index (χ0n) is 13.3. The van der Waals surface area contributed by atoms with Crippen LogP contribution in [-0.2, 0) is 0 Å². The molecule has 2 N–H and O–H groups in total. The molecule has 2 fully saturated rings. The van der Waals surface area contributed by atoms with Gasteiger partial charge in [0.15, 0.2) is 5.82 Å². The molecule has 2 atom stereocenters. The molecule has 0 spiro atoms. The van der Waals surface area contributed by atoms with E-state index in [2.05, 4.69) is 5.32 Å². The normalized spacial score (nSPS) is 23.0. The Morgan fingerprint density at radius 2 is 2.08 bits per heavy atom. The lowest BCUT2D eigenvalue weighted by Gasteiger charge is -2.25. The van der Waals surface area contributed by atoms with Crippen molar-refractivity contribution in [2.75, 3.05) is 24.6 Å². The monoisotopic (exact) mass is 349 g/mol. The molecule has 0 aliphatic carbocycles. The number of carboxylic acids is 1. The highest BCUT2D eigenvalue weighted by molar-refractivity contribution is 5.92. The second-order valence-electron chi connectivity index (χ2n) is 6.64. The van der Waals surface area contributed by atoms with Crippen molar-refractivity contribution in [1.82, 2.24) is 9.99 Å². The summed E-state index contributed by atoms with van der Waals surface area (Å²) in [4.78, 5) is 23.8. The summed E-state index contributed by atoms with van der Waals surface area (Å²) in [5, 5.41) is 14.3. The van der Waals surface area contributed by atoms with E-state index in [9.17, 15) is 23.5 Å². The molecule has 0 radical (unpaired) electrons. The third kappa shape index (κ3) is 2.57. The van der Waals surface area contributed by atoms with Gasteiger partial charge < -0.3 is 15.4 Å². The van der Waals surface area contributed by atoms with Crippen molar-refractivity contribution in [3.8, 4) is 0 Å². The fourth-order valence-corrected chi connectivity index (χ4v) is 3.94. The van der Waals surface area contributed by atoms with Gasteiger partial charge in [0, 0.05) is 24.8 Å². The molecule has 25 heavy (non-hydrogen) atoms. The van der Waals surface area contributed by atoms with Gasteiger partial charge in [0.25, 0.3) is 0 Å². The summed E-state index contributed by atoms with van der Waals surface area (Å²) in [5.74, 6) is -2.83. The number of halogens is 2. The fraction of sp³-hybridized carbons (Fsp3) is 0.412. The number of hydrogen-bond acceptors (Lipinski definition) is 4. The molecule has 0 bridgehead atoms. The Hall–Kier alpha value is -2.48. The molecule has 4 rings (SSSR count). The lowest BCUT2D eigenvalue weighted by atomic mass is 9.94. The molecule has 132 valence electrons.